The minimum Gasteiger partial charge on any atom is -0.481 e. The number of nitrogens with zero attached hydrogens (tertiary/aromatic N) is 2. The molecule has 1 aromatic heterocycles. The van der Waals surface area contributed by atoms with Crippen molar-refractivity contribution >= 4 is 21.8 Å². The normalized spacial score (nSPS) is 11.4. The van der Waals surface area contributed by atoms with Crippen LogP contribution in [0, 0.1) is 0 Å². The summed E-state index contributed by atoms with van der Waals surface area (Å²) < 4.78 is 17.0. The van der Waals surface area contributed by atoms with Crippen molar-refractivity contribution in [1.29, 1.82) is 0 Å². The van der Waals surface area contributed by atoms with Gasteiger partial charge in [0.15, 0.2) is 0 Å². The minimum absolute atomic E-state index is 0.0161. The Labute approximate surface area is 177 Å². The Kier molecular flexibility index (Phi) is 6.66. The first-order valence-electron chi connectivity index (χ1n) is 8.80. The summed E-state index contributed by atoms with van der Waals surface area (Å²) in [6.45, 7) is 1.92. The van der Waals surface area contributed by atoms with E-state index in [4.69, 9.17) is 14.2 Å². The van der Waals surface area contributed by atoms with Gasteiger partial charge in [-0.15, -0.1) is 0 Å². The van der Waals surface area contributed by atoms with Crippen LogP contribution in [0.3, 0.4) is 0 Å². The second-order valence-corrected chi connectivity index (χ2v) is 7.00. The van der Waals surface area contributed by atoms with Crippen molar-refractivity contribution in [2.24, 2.45) is 0 Å². The molecule has 0 fully saturated rings. The molecule has 8 heteroatoms. The van der Waals surface area contributed by atoms with Gasteiger partial charge in [0.05, 0.1) is 31.9 Å². The number of halogens is 1. The summed E-state index contributed by atoms with van der Waals surface area (Å²) in [5, 5.41) is 2.98. The average molecular weight is 458 g/mol. The smallest absolute Gasteiger partial charge is 0.328 e. The lowest BCUT2D eigenvalue weighted by Gasteiger charge is -2.16. The minimum atomic E-state index is -0.272. The van der Waals surface area contributed by atoms with E-state index in [0.29, 0.717) is 11.3 Å². The largest absolute Gasteiger partial charge is 0.481 e. The highest BCUT2D eigenvalue weighted by Crippen LogP contribution is 2.27. The van der Waals surface area contributed by atoms with Crippen LogP contribution >= 0.6 is 15.9 Å². The fourth-order valence-electron chi connectivity index (χ4n) is 2.59. The molecule has 3 aromatic rings. The zero-order chi connectivity index (χ0) is 20.8. The maximum absolute atomic E-state index is 12.9. The molecule has 1 atom stereocenters. The molecule has 1 heterocycles. The van der Waals surface area contributed by atoms with Gasteiger partial charge in [-0.05, 0) is 36.8 Å². The van der Waals surface area contributed by atoms with Crippen LogP contribution in [0.1, 0.15) is 28.9 Å². The molecule has 0 spiro atoms. The number of nitrogens with one attached hydrogen (secondary N) is 1. The first-order valence-corrected chi connectivity index (χ1v) is 9.59. The number of ether oxygens (including phenoxy) is 3. The lowest BCUT2D eigenvalue weighted by Crippen LogP contribution is -2.27. The van der Waals surface area contributed by atoms with Crippen molar-refractivity contribution in [2.45, 2.75) is 13.0 Å². The Bertz CT molecular complexity index is 973. The molecule has 1 amide bonds. The number of amides is 1. The van der Waals surface area contributed by atoms with E-state index in [2.05, 4.69) is 31.2 Å². The van der Waals surface area contributed by atoms with Crippen LogP contribution in [-0.2, 0) is 0 Å². The molecule has 3 rings (SSSR count). The molecule has 1 N–H and O–H groups in total. The highest BCUT2D eigenvalue weighted by Gasteiger charge is 2.17. The number of hydrogen-bond acceptors (Lipinski definition) is 6. The molecule has 0 aliphatic heterocycles. The van der Waals surface area contributed by atoms with E-state index < -0.39 is 0 Å². The molecular weight excluding hydrogens is 438 g/mol. The maximum Gasteiger partial charge on any atom is 0.328 e. The van der Waals surface area contributed by atoms with Crippen LogP contribution in [-0.4, -0.2) is 30.1 Å². The van der Waals surface area contributed by atoms with Gasteiger partial charge in [-0.1, -0.05) is 40.2 Å². The molecule has 7 nitrogen and oxygen atoms in total. The fraction of sp³-hybridized carbons (Fsp3) is 0.190. The van der Waals surface area contributed by atoms with Crippen LogP contribution in [0.4, 0.5) is 0 Å². The average Bonchev–Trinajstić information content (AvgIpc) is 2.74. The summed E-state index contributed by atoms with van der Waals surface area (Å²) in [5.74, 6) is 0.629. The van der Waals surface area contributed by atoms with Crippen LogP contribution in [0.15, 0.2) is 59.1 Å². The lowest BCUT2D eigenvalue weighted by atomic mass is 10.1. The SMILES string of the molecule is COc1cc(OC)nc(Oc2ccccc2C(=O)N[C@@H](C)c2ccc(Br)cc2)n1. The molecular formula is C21H20BrN3O4. The molecule has 0 radical (unpaired) electrons. The lowest BCUT2D eigenvalue weighted by molar-refractivity contribution is 0.0937. The molecule has 2 aromatic carbocycles. The summed E-state index contributed by atoms with van der Waals surface area (Å²) in [6, 6.07) is 16.0. The van der Waals surface area contributed by atoms with E-state index in [1.165, 1.54) is 20.3 Å². The number of benzene rings is 2. The molecule has 0 unspecified atom stereocenters. The highest BCUT2D eigenvalue weighted by atomic mass is 79.9. The van der Waals surface area contributed by atoms with Crippen molar-refractivity contribution in [3.63, 3.8) is 0 Å². The molecule has 0 saturated carbocycles. The number of aromatic nitrogens is 2. The monoisotopic (exact) mass is 457 g/mol. The van der Waals surface area contributed by atoms with Gasteiger partial charge >= 0.3 is 6.01 Å². The Morgan fingerprint density at radius 3 is 2.24 bits per heavy atom. The number of para-hydroxylation sites is 1. The second-order valence-electron chi connectivity index (χ2n) is 6.08. The summed E-state index contributed by atoms with van der Waals surface area (Å²) in [4.78, 5) is 21.1. The molecule has 0 saturated heterocycles. The van der Waals surface area contributed by atoms with Gasteiger partial charge in [0.2, 0.25) is 11.8 Å². The number of hydrogen-bond donors (Lipinski definition) is 1. The zero-order valence-electron chi connectivity index (χ0n) is 16.2. The molecule has 0 aliphatic carbocycles. The Balaban J connectivity index is 1.81. The standard InChI is InChI=1S/C21H20BrN3O4/c1-13(14-8-10-15(22)11-9-14)23-20(26)16-6-4-5-7-17(16)29-21-24-18(27-2)12-19(25-21)28-3/h4-13H,1-3H3,(H,23,26)/t13-/m0/s1. The molecule has 150 valence electrons. The van der Waals surface area contributed by atoms with Gasteiger partial charge < -0.3 is 19.5 Å². The van der Waals surface area contributed by atoms with Crippen LogP contribution in [0.25, 0.3) is 0 Å². The number of rotatable bonds is 7. The van der Waals surface area contributed by atoms with Gasteiger partial charge in [-0.2, -0.15) is 9.97 Å². The predicted molar refractivity (Wildman–Crippen MR) is 112 cm³/mol. The van der Waals surface area contributed by atoms with Crippen LogP contribution < -0.4 is 19.5 Å². The molecule has 29 heavy (non-hydrogen) atoms. The van der Waals surface area contributed by atoms with Gasteiger partial charge in [-0.25, -0.2) is 0 Å². The topological polar surface area (TPSA) is 82.6 Å². The van der Waals surface area contributed by atoms with E-state index in [9.17, 15) is 4.79 Å². The second kappa shape index (κ2) is 9.38. The van der Waals surface area contributed by atoms with E-state index >= 15 is 0 Å². The Morgan fingerprint density at radius 1 is 1.00 bits per heavy atom. The maximum atomic E-state index is 12.9. The summed E-state index contributed by atoms with van der Waals surface area (Å²) in [7, 11) is 2.97. The predicted octanol–water partition coefficient (Wildman–Crippen LogP) is 4.54. The summed E-state index contributed by atoms with van der Waals surface area (Å²) in [5.41, 5.74) is 1.35. The van der Waals surface area contributed by atoms with Crippen molar-refractivity contribution < 1.29 is 19.0 Å². The third-order valence-corrected chi connectivity index (χ3v) is 4.66. The molecule has 0 bridgehead atoms. The number of carbonyl (C=O) groups is 1. The van der Waals surface area contributed by atoms with Crippen molar-refractivity contribution in [3.05, 3.63) is 70.2 Å². The molecule has 0 aliphatic rings. The first kappa shape index (κ1) is 20.6. The van der Waals surface area contributed by atoms with Crippen LogP contribution in [0.5, 0.6) is 23.5 Å². The number of methoxy groups -OCH3 is 2. The van der Waals surface area contributed by atoms with Gasteiger partial charge in [0.25, 0.3) is 5.91 Å². The third kappa shape index (κ3) is 5.23. The Morgan fingerprint density at radius 2 is 1.62 bits per heavy atom. The third-order valence-electron chi connectivity index (χ3n) is 4.13. The van der Waals surface area contributed by atoms with Crippen molar-refractivity contribution in [3.8, 4) is 23.5 Å². The summed E-state index contributed by atoms with van der Waals surface area (Å²) >= 11 is 3.41. The van der Waals surface area contributed by atoms with Gasteiger partial charge in [-0.3, -0.25) is 4.79 Å². The number of carbonyl (C=O) groups excluding carboxylic acids is 1. The van der Waals surface area contributed by atoms with E-state index in [0.717, 1.165) is 10.0 Å². The highest BCUT2D eigenvalue weighted by molar-refractivity contribution is 9.10. The first-order chi connectivity index (χ1) is 14.0. The van der Waals surface area contributed by atoms with Crippen molar-refractivity contribution in [1.82, 2.24) is 15.3 Å². The Hall–Kier alpha value is -3.13. The van der Waals surface area contributed by atoms with E-state index in [-0.39, 0.29) is 29.7 Å². The summed E-state index contributed by atoms with van der Waals surface area (Å²) in [6.07, 6.45) is 0. The van der Waals surface area contributed by atoms with E-state index in [1.54, 1.807) is 24.3 Å². The zero-order valence-corrected chi connectivity index (χ0v) is 17.8. The van der Waals surface area contributed by atoms with Gasteiger partial charge in [0, 0.05) is 4.47 Å². The fourth-order valence-corrected chi connectivity index (χ4v) is 2.85. The van der Waals surface area contributed by atoms with Gasteiger partial charge in [0.1, 0.15) is 5.75 Å². The van der Waals surface area contributed by atoms with E-state index in [1.807, 2.05) is 31.2 Å². The quantitative estimate of drug-likeness (QED) is 0.560. The van der Waals surface area contributed by atoms with Crippen LogP contribution in [0.2, 0.25) is 0 Å². The van der Waals surface area contributed by atoms with Crippen molar-refractivity contribution in [2.75, 3.05) is 14.2 Å².